The van der Waals surface area contributed by atoms with E-state index in [9.17, 15) is 4.79 Å². The van der Waals surface area contributed by atoms with Crippen molar-refractivity contribution in [2.24, 2.45) is 0 Å². The number of carbonyl (C=O) groups is 1. The van der Waals surface area contributed by atoms with Gasteiger partial charge in [0.05, 0.1) is 6.10 Å². The zero-order chi connectivity index (χ0) is 10.3. The van der Waals surface area contributed by atoms with E-state index in [1.165, 1.54) is 0 Å². The van der Waals surface area contributed by atoms with Crippen molar-refractivity contribution in [1.29, 1.82) is 0 Å². The Morgan fingerprint density at radius 1 is 1.43 bits per heavy atom. The van der Waals surface area contributed by atoms with Gasteiger partial charge in [0.2, 0.25) is 0 Å². The van der Waals surface area contributed by atoms with E-state index in [0.29, 0.717) is 6.42 Å². The van der Waals surface area contributed by atoms with Crippen LogP contribution >= 0.6 is 0 Å². The number of ketones is 1. The first-order valence-corrected chi connectivity index (χ1v) is 8.41. The Hall–Kier alpha value is -0.453. The molecule has 78 valence electrons. The van der Waals surface area contributed by atoms with Gasteiger partial charge >= 0.3 is 0 Å². The lowest BCUT2D eigenvalue weighted by molar-refractivity contribution is -0.142. The second kappa shape index (κ2) is 3.29. The summed E-state index contributed by atoms with van der Waals surface area (Å²) in [6, 6.07) is 0. The predicted molar refractivity (Wildman–Crippen MR) is 55.6 cm³/mol. The van der Waals surface area contributed by atoms with Crippen molar-refractivity contribution in [1.82, 2.24) is 0 Å². The molecule has 0 radical (unpaired) electrons. The molecular weight excluding hydrogens is 196 g/mol. The smallest absolute Gasteiger partial charge is 0.184 e. The standard InChI is InChI=1S/C10H16O3Si/c1-14(2,3)13-10-8(11)6-7-4-5-9(10)12-7/h4-5,7,9-10H,6H2,1-3H3/t7-,9+,10?/m1/s1. The number of hydrogen-bond donors (Lipinski definition) is 0. The normalized spacial score (nSPS) is 36.5. The molecule has 0 amide bonds. The Kier molecular flexibility index (Phi) is 2.37. The maximum absolute atomic E-state index is 11.7. The van der Waals surface area contributed by atoms with Crippen LogP contribution in [-0.2, 0) is 14.0 Å². The Morgan fingerprint density at radius 3 is 2.79 bits per heavy atom. The lowest BCUT2D eigenvalue weighted by Crippen LogP contribution is -2.47. The minimum Gasteiger partial charge on any atom is -0.405 e. The molecular formula is C10H16O3Si. The zero-order valence-corrected chi connectivity index (χ0v) is 9.82. The Balaban J connectivity index is 2.09. The fourth-order valence-electron chi connectivity index (χ4n) is 1.83. The SMILES string of the molecule is C[Si](C)(C)OC1C(=O)C[C@H]2C=C[C@@H]1O2. The molecule has 0 aromatic rings. The molecule has 14 heavy (non-hydrogen) atoms. The van der Waals surface area contributed by atoms with E-state index >= 15 is 0 Å². The third kappa shape index (κ3) is 1.97. The lowest BCUT2D eigenvalue weighted by atomic mass is 10.1. The summed E-state index contributed by atoms with van der Waals surface area (Å²) in [5.41, 5.74) is 0. The summed E-state index contributed by atoms with van der Waals surface area (Å²) in [7, 11) is -1.66. The van der Waals surface area contributed by atoms with Gasteiger partial charge in [0, 0.05) is 6.42 Å². The number of fused-ring (bicyclic) bond motifs is 2. The van der Waals surface area contributed by atoms with Crippen LogP contribution in [0.3, 0.4) is 0 Å². The average molecular weight is 212 g/mol. The van der Waals surface area contributed by atoms with Gasteiger partial charge in [-0.05, 0) is 19.6 Å². The number of carbonyl (C=O) groups excluding carboxylic acids is 1. The van der Waals surface area contributed by atoms with Crippen LogP contribution in [0.5, 0.6) is 0 Å². The van der Waals surface area contributed by atoms with Crippen LogP contribution in [0.15, 0.2) is 12.2 Å². The van der Waals surface area contributed by atoms with E-state index in [-0.39, 0.29) is 24.1 Å². The van der Waals surface area contributed by atoms with Crippen LogP contribution in [-0.4, -0.2) is 32.4 Å². The first kappa shape index (κ1) is 10.1. The molecule has 0 aliphatic carbocycles. The molecule has 2 rings (SSSR count). The van der Waals surface area contributed by atoms with Gasteiger partial charge in [0.15, 0.2) is 14.1 Å². The molecule has 0 aromatic carbocycles. The van der Waals surface area contributed by atoms with Crippen LogP contribution < -0.4 is 0 Å². The fourth-order valence-corrected chi connectivity index (χ4v) is 2.85. The fraction of sp³-hybridized carbons (Fsp3) is 0.700. The summed E-state index contributed by atoms with van der Waals surface area (Å²) >= 11 is 0. The van der Waals surface area contributed by atoms with Crippen LogP contribution in [0.4, 0.5) is 0 Å². The number of Topliss-reactive ketones (excluding diaryl/α,β-unsaturated/α-hetero) is 1. The highest BCUT2D eigenvalue weighted by Crippen LogP contribution is 2.28. The molecule has 2 aliphatic heterocycles. The van der Waals surface area contributed by atoms with Crippen LogP contribution in [0, 0.1) is 0 Å². The summed E-state index contributed by atoms with van der Waals surface area (Å²) < 4.78 is 11.4. The van der Waals surface area contributed by atoms with Crippen molar-refractivity contribution in [3.05, 3.63) is 12.2 Å². The summed E-state index contributed by atoms with van der Waals surface area (Å²) in [6.45, 7) is 6.26. The Morgan fingerprint density at radius 2 is 2.14 bits per heavy atom. The van der Waals surface area contributed by atoms with Gasteiger partial charge in [-0.3, -0.25) is 4.79 Å². The number of rotatable bonds is 2. The van der Waals surface area contributed by atoms with Gasteiger partial charge in [0.25, 0.3) is 0 Å². The Bertz CT molecular complexity index is 280. The number of ether oxygens (including phenoxy) is 1. The van der Waals surface area contributed by atoms with E-state index in [1.807, 2.05) is 12.2 Å². The molecule has 2 heterocycles. The van der Waals surface area contributed by atoms with Gasteiger partial charge in [-0.25, -0.2) is 0 Å². The summed E-state index contributed by atoms with van der Waals surface area (Å²) in [5, 5.41) is 0. The first-order chi connectivity index (χ1) is 6.46. The molecule has 0 spiro atoms. The minimum atomic E-state index is -1.66. The van der Waals surface area contributed by atoms with E-state index in [0.717, 1.165) is 0 Å². The van der Waals surface area contributed by atoms with Crippen molar-refractivity contribution in [2.75, 3.05) is 0 Å². The quantitative estimate of drug-likeness (QED) is 0.514. The average Bonchev–Trinajstić information content (AvgIpc) is 2.41. The number of hydrogen-bond acceptors (Lipinski definition) is 3. The largest absolute Gasteiger partial charge is 0.405 e. The minimum absolute atomic E-state index is 0.00832. The molecule has 0 aromatic heterocycles. The van der Waals surface area contributed by atoms with Crippen LogP contribution in [0.25, 0.3) is 0 Å². The molecule has 4 heteroatoms. The molecule has 0 saturated carbocycles. The molecule has 3 nitrogen and oxygen atoms in total. The molecule has 2 bridgehead atoms. The topological polar surface area (TPSA) is 35.5 Å². The third-order valence-corrected chi connectivity index (χ3v) is 3.31. The molecule has 0 N–H and O–H groups in total. The van der Waals surface area contributed by atoms with Crippen LogP contribution in [0.1, 0.15) is 6.42 Å². The van der Waals surface area contributed by atoms with Crippen molar-refractivity contribution >= 4 is 14.1 Å². The highest BCUT2D eigenvalue weighted by atomic mass is 28.4. The predicted octanol–water partition coefficient (Wildman–Crippen LogP) is 1.50. The van der Waals surface area contributed by atoms with Gasteiger partial charge < -0.3 is 9.16 Å². The van der Waals surface area contributed by atoms with E-state index in [4.69, 9.17) is 9.16 Å². The second-order valence-electron chi connectivity index (χ2n) is 4.85. The van der Waals surface area contributed by atoms with Gasteiger partial charge in [-0.2, -0.15) is 0 Å². The van der Waals surface area contributed by atoms with Crippen molar-refractivity contribution < 1.29 is 14.0 Å². The van der Waals surface area contributed by atoms with Gasteiger partial charge in [-0.1, -0.05) is 12.2 Å². The van der Waals surface area contributed by atoms with Gasteiger partial charge in [0.1, 0.15) is 12.2 Å². The summed E-state index contributed by atoms with van der Waals surface area (Å²) in [6.07, 6.45) is 3.93. The third-order valence-electron chi connectivity index (χ3n) is 2.35. The molecule has 2 aliphatic rings. The summed E-state index contributed by atoms with van der Waals surface area (Å²) in [5.74, 6) is 0.193. The monoisotopic (exact) mass is 212 g/mol. The zero-order valence-electron chi connectivity index (χ0n) is 8.82. The van der Waals surface area contributed by atoms with Crippen molar-refractivity contribution in [3.63, 3.8) is 0 Å². The van der Waals surface area contributed by atoms with Gasteiger partial charge in [-0.15, -0.1) is 0 Å². The van der Waals surface area contributed by atoms with Crippen molar-refractivity contribution in [3.8, 4) is 0 Å². The lowest BCUT2D eigenvalue weighted by Gasteiger charge is -2.32. The highest BCUT2D eigenvalue weighted by Gasteiger charge is 2.41. The van der Waals surface area contributed by atoms with Crippen molar-refractivity contribution in [2.45, 2.75) is 44.4 Å². The molecule has 3 atom stereocenters. The second-order valence-corrected chi connectivity index (χ2v) is 9.31. The molecule has 1 fully saturated rings. The molecule has 1 saturated heterocycles. The summed E-state index contributed by atoms with van der Waals surface area (Å²) in [4.78, 5) is 11.7. The first-order valence-electron chi connectivity index (χ1n) is 5.00. The Labute approximate surface area is 85.2 Å². The van der Waals surface area contributed by atoms with E-state index < -0.39 is 8.32 Å². The van der Waals surface area contributed by atoms with Crippen LogP contribution in [0.2, 0.25) is 19.6 Å². The maximum Gasteiger partial charge on any atom is 0.184 e. The molecule has 1 unspecified atom stereocenters. The highest BCUT2D eigenvalue weighted by molar-refractivity contribution is 6.69. The van der Waals surface area contributed by atoms with E-state index in [1.54, 1.807) is 0 Å². The van der Waals surface area contributed by atoms with E-state index in [2.05, 4.69) is 19.6 Å². The maximum atomic E-state index is 11.7.